The Morgan fingerprint density at radius 3 is 2.75 bits per heavy atom. The SMILES string of the molecule is CC[C@@H]1C2N(C)NCN2c2cnc(Nc3ccncc3)nc2N1C1CCCC1. The van der Waals surface area contributed by atoms with Crippen LogP contribution in [0.4, 0.5) is 23.1 Å². The molecular weight excluding hydrogens is 352 g/mol. The number of pyridine rings is 1. The highest BCUT2D eigenvalue weighted by Gasteiger charge is 2.47. The van der Waals surface area contributed by atoms with Crippen molar-refractivity contribution in [1.29, 1.82) is 0 Å². The van der Waals surface area contributed by atoms with E-state index in [1.54, 1.807) is 12.4 Å². The van der Waals surface area contributed by atoms with Crippen LogP contribution >= 0.6 is 0 Å². The van der Waals surface area contributed by atoms with Crippen LogP contribution in [0, 0.1) is 0 Å². The summed E-state index contributed by atoms with van der Waals surface area (Å²) in [4.78, 5) is 18.7. The fraction of sp³-hybridized carbons (Fsp3) is 0.550. The van der Waals surface area contributed by atoms with Crippen LogP contribution in [0.5, 0.6) is 0 Å². The van der Waals surface area contributed by atoms with Gasteiger partial charge in [-0.1, -0.05) is 19.8 Å². The Balaban J connectivity index is 1.57. The summed E-state index contributed by atoms with van der Waals surface area (Å²) in [6.07, 6.45) is 12.0. The maximum absolute atomic E-state index is 5.01. The van der Waals surface area contributed by atoms with Crippen molar-refractivity contribution in [2.24, 2.45) is 0 Å². The third kappa shape index (κ3) is 2.87. The summed E-state index contributed by atoms with van der Waals surface area (Å²) in [5, 5.41) is 5.59. The molecule has 1 saturated carbocycles. The van der Waals surface area contributed by atoms with E-state index >= 15 is 0 Å². The molecule has 5 rings (SSSR count). The number of hydrogen-bond donors (Lipinski definition) is 2. The molecule has 2 aliphatic heterocycles. The number of nitrogens with zero attached hydrogens (tertiary/aromatic N) is 6. The van der Waals surface area contributed by atoms with Crippen LogP contribution in [0.2, 0.25) is 0 Å². The second-order valence-electron chi connectivity index (χ2n) is 7.90. The van der Waals surface area contributed by atoms with Crippen molar-refractivity contribution in [3.05, 3.63) is 30.7 Å². The molecule has 1 unspecified atom stereocenters. The predicted molar refractivity (Wildman–Crippen MR) is 110 cm³/mol. The number of nitrogens with one attached hydrogen (secondary N) is 2. The second-order valence-corrected chi connectivity index (χ2v) is 7.90. The van der Waals surface area contributed by atoms with Crippen LogP contribution in [-0.2, 0) is 0 Å². The van der Waals surface area contributed by atoms with E-state index in [9.17, 15) is 0 Å². The lowest BCUT2D eigenvalue weighted by molar-refractivity contribution is 0.194. The molecule has 8 nitrogen and oxygen atoms in total. The van der Waals surface area contributed by atoms with Gasteiger partial charge in [-0.3, -0.25) is 4.98 Å². The Hall–Kier alpha value is -2.45. The maximum atomic E-state index is 5.01. The van der Waals surface area contributed by atoms with E-state index in [1.807, 2.05) is 18.3 Å². The van der Waals surface area contributed by atoms with E-state index in [-0.39, 0.29) is 0 Å². The number of likely N-dealkylation sites (N-methyl/N-ethyl adjacent to an activating group) is 1. The highest BCUT2D eigenvalue weighted by molar-refractivity contribution is 5.73. The molecule has 2 N–H and O–H groups in total. The van der Waals surface area contributed by atoms with Crippen molar-refractivity contribution in [3.63, 3.8) is 0 Å². The Labute approximate surface area is 165 Å². The zero-order chi connectivity index (χ0) is 19.1. The lowest BCUT2D eigenvalue weighted by atomic mass is 10.0. The van der Waals surface area contributed by atoms with Crippen LogP contribution < -0.4 is 20.5 Å². The smallest absolute Gasteiger partial charge is 0.229 e. The number of hydrogen-bond acceptors (Lipinski definition) is 8. The van der Waals surface area contributed by atoms with Gasteiger partial charge in [0.2, 0.25) is 5.95 Å². The largest absolute Gasteiger partial charge is 0.345 e. The fourth-order valence-electron chi connectivity index (χ4n) is 5.00. The van der Waals surface area contributed by atoms with Gasteiger partial charge < -0.3 is 15.1 Å². The molecule has 1 aliphatic carbocycles. The number of fused-ring (bicyclic) bond motifs is 3. The first-order valence-electron chi connectivity index (χ1n) is 10.3. The molecule has 8 heteroatoms. The van der Waals surface area contributed by atoms with Gasteiger partial charge in [-0.15, -0.1) is 0 Å². The monoisotopic (exact) mass is 380 g/mol. The van der Waals surface area contributed by atoms with Gasteiger partial charge in [0.15, 0.2) is 5.82 Å². The first-order valence-corrected chi connectivity index (χ1v) is 10.3. The molecule has 0 amide bonds. The molecule has 2 atom stereocenters. The lowest BCUT2D eigenvalue weighted by Crippen LogP contribution is -2.60. The molecule has 0 radical (unpaired) electrons. The third-order valence-corrected chi connectivity index (χ3v) is 6.28. The summed E-state index contributed by atoms with van der Waals surface area (Å²) in [7, 11) is 2.14. The van der Waals surface area contributed by atoms with Crippen molar-refractivity contribution in [2.75, 3.05) is 28.8 Å². The molecule has 2 fully saturated rings. The van der Waals surface area contributed by atoms with Crippen LogP contribution in [0.25, 0.3) is 0 Å². The topological polar surface area (TPSA) is 72.5 Å². The van der Waals surface area contributed by atoms with E-state index < -0.39 is 0 Å². The maximum Gasteiger partial charge on any atom is 0.229 e. The summed E-state index contributed by atoms with van der Waals surface area (Å²) >= 11 is 0. The van der Waals surface area contributed by atoms with Gasteiger partial charge in [0, 0.05) is 31.2 Å². The van der Waals surface area contributed by atoms with Crippen molar-refractivity contribution in [3.8, 4) is 0 Å². The molecule has 148 valence electrons. The quantitative estimate of drug-likeness (QED) is 0.839. The van der Waals surface area contributed by atoms with E-state index in [0.717, 1.165) is 30.3 Å². The normalized spacial score (nSPS) is 25.1. The van der Waals surface area contributed by atoms with Crippen LogP contribution in [0.3, 0.4) is 0 Å². The minimum absolute atomic E-state index is 0.306. The highest BCUT2D eigenvalue weighted by Crippen LogP contribution is 2.43. The highest BCUT2D eigenvalue weighted by atomic mass is 15.7. The van der Waals surface area contributed by atoms with E-state index in [1.165, 1.54) is 25.7 Å². The van der Waals surface area contributed by atoms with Gasteiger partial charge in [0.25, 0.3) is 0 Å². The zero-order valence-corrected chi connectivity index (χ0v) is 16.5. The predicted octanol–water partition coefficient (Wildman–Crippen LogP) is 2.70. The summed E-state index contributed by atoms with van der Waals surface area (Å²) < 4.78 is 0. The molecule has 3 aliphatic rings. The Kier molecular flexibility index (Phi) is 4.52. The van der Waals surface area contributed by atoms with Crippen LogP contribution in [-0.4, -0.2) is 51.9 Å². The standard InChI is InChI=1S/C20H28N8/c1-3-16-19-26(2)23-13-27(19)17-12-22-20(24-14-8-10-21-11-9-14)25-18(17)28(16)15-6-4-5-7-15/h8-12,15-16,19,23H,3-7,13H2,1-2H3,(H,21,22,24,25)/t16-,19?/m1/s1. The Morgan fingerprint density at radius 1 is 1.21 bits per heavy atom. The van der Waals surface area contributed by atoms with Crippen molar-refractivity contribution in [2.45, 2.75) is 57.3 Å². The molecule has 0 bridgehead atoms. The minimum atomic E-state index is 0.306. The zero-order valence-electron chi connectivity index (χ0n) is 16.5. The van der Waals surface area contributed by atoms with Gasteiger partial charge in [0.1, 0.15) is 11.9 Å². The average Bonchev–Trinajstić information content (AvgIpc) is 3.38. The molecule has 4 heterocycles. The molecular formula is C20H28N8. The van der Waals surface area contributed by atoms with Gasteiger partial charge in [-0.05, 0) is 31.4 Å². The molecule has 0 aromatic carbocycles. The summed E-state index contributed by atoms with van der Waals surface area (Å²) in [6, 6.07) is 4.83. The van der Waals surface area contributed by atoms with E-state index in [0.29, 0.717) is 24.2 Å². The van der Waals surface area contributed by atoms with Crippen molar-refractivity contribution in [1.82, 2.24) is 25.4 Å². The third-order valence-electron chi connectivity index (χ3n) is 6.28. The Morgan fingerprint density at radius 2 is 2.00 bits per heavy atom. The Bertz CT molecular complexity index is 822. The first-order chi connectivity index (χ1) is 13.8. The van der Waals surface area contributed by atoms with Crippen molar-refractivity contribution >= 4 is 23.1 Å². The second kappa shape index (κ2) is 7.18. The molecule has 2 aromatic heterocycles. The molecule has 1 saturated heterocycles. The van der Waals surface area contributed by atoms with E-state index in [4.69, 9.17) is 4.98 Å². The van der Waals surface area contributed by atoms with Crippen molar-refractivity contribution < 1.29 is 0 Å². The summed E-state index contributed by atoms with van der Waals surface area (Å²) in [5.74, 6) is 1.71. The first kappa shape index (κ1) is 17.6. The van der Waals surface area contributed by atoms with Crippen LogP contribution in [0.1, 0.15) is 39.0 Å². The summed E-state index contributed by atoms with van der Waals surface area (Å²) in [6.45, 7) is 3.09. The number of hydrazine groups is 1. The van der Waals surface area contributed by atoms with Gasteiger partial charge in [0.05, 0.1) is 18.9 Å². The van der Waals surface area contributed by atoms with E-state index in [2.05, 4.69) is 49.5 Å². The molecule has 0 spiro atoms. The molecule has 28 heavy (non-hydrogen) atoms. The number of anilines is 4. The lowest BCUT2D eigenvalue weighted by Gasteiger charge is -2.49. The summed E-state index contributed by atoms with van der Waals surface area (Å²) in [5.41, 5.74) is 5.56. The minimum Gasteiger partial charge on any atom is -0.345 e. The van der Waals surface area contributed by atoms with Crippen LogP contribution in [0.15, 0.2) is 30.7 Å². The average molecular weight is 381 g/mol. The van der Waals surface area contributed by atoms with Gasteiger partial charge in [-0.25, -0.2) is 15.4 Å². The van der Waals surface area contributed by atoms with Gasteiger partial charge >= 0.3 is 0 Å². The number of rotatable bonds is 4. The fourth-order valence-corrected chi connectivity index (χ4v) is 5.00. The van der Waals surface area contributed by atoms with Gasteiger partial charge in [-0.2, -0.15) is 4.98 Å². The molecule has 2 aromatic rings. The number of aromatic nitrogens is 3.